The highest BCUT2D eigenvalue weighted by Gasteiger charge is 2.08. The quantitative estimate of drug-likeness (QED) is 0.736. The highest BCUT2D eigenvalue weighted by Crippen LogP contribution is 2.23. The number of esters is 1. The SMILES string of the molecule is COC(=O)Cc1ccc2onc(Cl)c2c1. The first kappa shape index (κ1) is 9.98. The Kier molecular flexibility index (Phi) is 2.60. The summed E-state index contributed by atoms with van der Waals surface area (Å²) in [4.78, 5) is 11.0. The molecular formula is C10H8ClNO3. The molecule has 0 aliphatic rings. The van der Waals surface area contributed by atoms with E-state index in [1.54, 1.807) is 18.2 Å². The number of fused-ring (bicyclic) bond motifs is 1. The monoisotopic (exact) mass is 225 g/mol. The number of rotatable bonds is 2. The van der Waals surface area contributed by atoms with Crippen molar-refractivity contribution in [2.75, 3.05) is 7.11 Å². The molecule has 0 amide bonds. The van der Waals surface area contributed by atoms with E-state index in [4.69, 9.17) is 16.1 Å². The Morgan fingerprint density at radius 1 is 1.60 bits per heavy atom. The maximum absolute atomic E-state index is 11.0. The topological polar surface area (TPSA) is 52.3 Å². The van der Waals surface area contributed by atoms with E-state index in [1.807, 2.05) is 0 Å². The lowest BCUT2D eigenvalue weighted by Gasteiger charge is -1.99. The van der Waals surface area contributed by atoms with Crippen molar-refractivity contribution >= 4 is 28.5 Å². The fourth-order valence-electron chi connectivity index (χ4n) is 1.31. The Labute approximate surface area is 90.8 Å². The zero-order valence-corrected chi connectivity index (χ0v) is 8.75. The molecule has 1 aromatic carbocycles. The molecule has 15 heavy (non-hydrogen) atoms. The fourth-order valence-corrected chi connectivity index (χ4v) is 1.49. The Hall–Kier alpha value is -1.55. The number of hydrogen-bond acceptors (Lipinski definition) is 4. The minimum Gasteiger partial charge on any atom is -0.469 e. The minimum absolute atomic E-state index is 0.216. The molecule has 0 aliphatic carbocycles. The number of nitrogens with zero attached hydrogens (tertiary/aromatic N) is 1. The summed E-state index contributed by atoms with van der Waals surface area (Å²) in [5.74, 6) is -0.290. The normalized spacial score (nSPS) is 10.5. The lowest BCUT2D eigenvalue weighted by Crippen LogP contribution is -2.03. The summed E-state index contributed by atoms with van der Waals surface area (Å²) in [6.07, 6.45) is 0.216. The van der Waals surface area contributed by atoms with Crippen molar-refractivity contribution in [3.8, 4) is 0 Å². The average Bonchev–Trinajstić information content (AvgIpc) is 2.60. The van der Waals surface area contributed by atoms with Crippen molar-refractivity contribution in [1.82, 2.24) is 5.16 Å². The molecule has 0 N–H and O–H groups in total. The van der Waals surface area contributed by atoms with E-state index in [-0.39, 0.29) is 12.4 Å². The summed E-state index contributed by atoms with van der Waals surface area (Å²) in [5, 5.41) is 4.62. The Morgan fingerprint density at radius 3 is 3.13 bits per heavy atom. The molecule has 2 rings (SSSR count). The predicted molar refractivity (Wildman–Crippen MR) is 54.7 cm³/mol. The molecule has 0 aliphatic heterocycles. The third kappa shape index (κ3) is 1.94. The third-order valence-electron chi connectivity index (χ3n) is 2.07. The number of benzene rings is 1. The highest BCUT2D eigenvalue weighted by atomic mass is 35.5. The molecule has 4 nitrogen and oxygen atoms in total. The Morgan fingerprint density at radius 2 is 2.40 bits per heavy atom. The maximum Gasteiger partial charge on any atom is 0.309 e. The number of ether oxygens (including phenoxy) is 1. The van der Waals surface area contributed by atoms with Crippen LogP contribution >= 0.6 is 11.6 Å². The molecule has 0 fully saturated rings. The third-order valence-corrected chi connectivity index (χ3v) is 2.34. The van der Waals surface area contributed by atoms with E-state index in [2.05, 4.69) is 9.89 Å². The maximum atomic E-state index is 11.0. The zero-order valence-electron chi connectivity index (χ0n) is 7.99. The van der Waals surface area contributed by atoms with Gasteiger partial charge in [0.1, 0.15) is 0 Å². The van der Waals surface area contributed by atoms with Crippen molar-refractivity contribution < 1.29 is 14.1 Å². The van der Waals surface area contributed by atoms with E-state index < -0.39 is 0 Å². The molecular weight excluding hydrogens is 218 g/mol. The molecule has 78 valence electrons. The fraction of sp³-hybridized carbons (Fsp3) is 0.200. The van der Waals surface area contributed by atoms with Crippen LogP contribution in [0.15, 0.2) is 22.7 Å². The molecule has 0 saturated carbocycles. The van der Waals surface area contributed by atoms with Gasteiger partial charge in [-0.2, -0.15) is 0 Å². The lowest BCUT2D eigenvalue weighted by molar-refractivity contribution is -0.139. The summed E-state index contributed by atoms with van der Waals surface area (Å²) in [7, 11) is 1.35. The molecule has 1 aromatic heterocycles. The van der Waals surface area contributed by atoms with Gasteiger partial charge in [-0.05, 0) is 17.7 Å². The molecule has 0 unspecified atom stereocenters. The molecule has 5 heteroatoms. The van der Waals surface area contributed by atoms with Crippen LogP contribution in [0.1, 0.15) is 5.56 Å². The van der Waals surface area contributed by atoms with Crippen LogP contribution in [0.5, 0.6) is 0 Å². The van der Waals surface area contributed by atoms with Gasteiger partial charge in [-0.3, -0.25) is 4.79 Å². The van der Waals surface area contributed by atoms with Crippen LogP contribution in [0.2, 0.25) is 5.15 Å². The van der Waals surface area contributed by atoms with Crippen molar-refractivity contribution in [3.05, 3.63) is 28.9 Å². The smallest absolute Gasteiger partial charge is 0.309 e. The second kappa shape index (κ2) is 3.90. The van der Waals surface area contributed by atoms with Gasteiger partial charge in [0.2, 0.25) is 0 Å². The van der Waals surface area contributed by atoms with Crippen LogP contribution in [0.4, 0.5) is 0 Å². The van der Waals surface area contributed by atoms with Crippen LogP contribution in [0.3, 0.4) is 0 Å². The Bertz CT molecular complexity index is 506. The highest BCUT2D eigenvalue weighted by molar-refractivity contribution is 6.34. The molecule has 0 bridgehead atoms. The first-order chi connectivity index (χ1) is 7.20. The van der Waals surface area contributed by atoms with Crippen molar-refractivity contribution in [2.24, 2.45) is 0 Å². The van der Waals surface area contributed by atoms with E-state index >= 15 is 0 Å². The van der Waals surface area contributed by atoms with Gasteiger partial charge in [-0.1, -0.05) is 22.8 Å². The zero-order chi connectivity index (χ0) is 10.8. The van der Waals surface area contributed by atoms with Gasteiger partial charge in [-0.15, -0.1) is 0 Å². The van der Waals surface area contributed by atoms with Gasteiger partial charge < -0.3 is 9.26 Å². The number of carbonyl (C=O) groups is 1. The van der Waals surface area contributed by atoms with Crippen LogP contribution in [0, 0.1) is 0 Å². The second-order valence-electron chi connectivity index (χ2n) is 3.06. The molecule has 0 spiro atoms. The summed E-state index contributed by atoms with van der Waals surface area (Å²) in [6.45, 7) is 0. The summed E-state index contributed by atoms with van der Waals surface area (Å²) >= 11 is 5.79. The van der Waals surface area contributed by atoms with Crippen LogP contribution in [-0.2, 0) is 16.0 Å². The van der Waals surface area contributed by atoms with Crippen molar-refractivity contribution in [1.29, 1.82) is 0 Å². The summed E-state index contributed by atoms with van der Waals surface area (Å²) in [5.41, 5.74) is 1.42. The van der Waals surface area contributed by atoms with Gasteiger partial charge in [0.15, 0.2) is 10.7 Å². The van der Waals surface area contributed by atoms with E-state index in [0.717, 1.165) is 5.56 Å². The number of halogens is 1. The van der Waals surface area contributed by atoms with E-state index in [1.165, 1.54) is 7.11 Å². The van der Waals surface area contributed by atoms with Gasteiger partial charge in [0.05, 0.1) is 18.9 Å². The Balaban J connectivity index is 2.37. The number of hydrogen-bond donors (Lipinski definition) is 0. The van der Waals surface area contributed by atoms with Gasteiger partial charge in [-0.25, -0.2) is 0 Å². The lowest BCUT2D eigenvalue weighted by atomic mass is 10.1. The molecule has 2 aromatic rings. The van der Waals surface area contributed by atoms with Gasteiger partial charge in [0, 0.05) is 0 Å². The van der Waals surface area contributed by atoms with Crippen LogP contribution < -0.4 is 0 Å². The van der Waals surface area contributed by atoms with Crippen LogP contribution in [-0.4, -0.2) is 18.2 Å². The summed E-state index contributed by atoms with van der Waals surface area (Å²) < 4.78 is 9.50. The summed E-state index contributed by atoms with van der Waals surface area (Å²) in [6, 6.07) is 5.28. The number of carbonyl (C=O) groups excluding carboxylic acids is 1. The molecule has 1 heterocycles. The number of methoxy groups -OCH3 is 1. The molecule has 0 radical (unpaired) electrons. The average molecular weight is 226 g/mol. The number of aromatic nitrogens is 1. The van der Waals surface area contributed by atoms with Crippen LogP contribution in [0.25, 0.3) is 11.0 Å². The molecule has 0 atom stereocenters. The standard InChI is InChI=1S/C10H8ClNO3/c1-14-9(13)5-6-2-3-8-7(4-6)10(11)12-15-8/h2-4H,5H2,1H3. The first-order valence-electron chi connectivity index (χ1n) is 4.31. The van der Waals surface area contributed by atoms with Crippen molar-refractivity contribution in [3.63, 3.8) is 0 Å². The molecule has 0 saturated heterocycles. The van der Waals surface area contributed by atoms with Gasteiger partial charge in [0.25, 0.3) is 0 Å². The van der Waals surface area contributed by atoms with Crippen molar-refractivity contribution in [2.45, 2.75) is 6.42 Å². The minimum atomic E-state index is -0.290. The second-order valence-corrected chi connectivity index (χ2v) is 3.41. The first-order valence-corrected chi connectivity index (χ1v) is 4.69. The largest absolute Gasteiger partial charge is 0.469 e. The van der Waals surface area contributed by atoms with Gasteiger partial charge >= 0.3 is 5.97 Å². The predicted octanol–water partition coefficient (Wildman–Crippen LogP) is 2.20. The van der Waals surface area contributed by atoms with E-state index in [0.29, 0.717) is 16.1 Å². The van der Waals surface area contributed by atoms with E-state index in [9.17, 15) is 4.79 Å².